The third kappa shape index (κ3) is 4.16. The van der Waals surface area contributed by atoms with Gasteiger partial charge in [0.05, 0.1) is 12.8 Å². The van der Waals surface area contributed by atoms with E-state index in [1.54, 1.807) is 13.1 Å². The van der Waals surface area contributed by atoms with Gasteiger partial charge < -0.3 is 19.4 Å². The zero-order valence-corrected chi connectivity index (χ0v) is 13.5. The molecule has 1 aromatic heterocycles. The van der Waals surface area contributed by atoms with Crippen LogP contribution in [-0.4, -0.2) is 36.3 Å². The van der Waals surface area contributed by atoms with E-state index >= 15 is 0 Å². The molecule has 0 atom stereocenters. The van der Waals surface area contributed by atoms with Crippen molar-refractivity contribution in [1.29, 1.82) is 0 Å². The van der Waals surface area contributed by atoms with Crippen molar-refractivity contribution in [3.63, 3.8) is 0 Å². The van der Waals surface area contributed by atoms with E-state index < -0.39 is 0 Å². The Balaban J connectivity index is 1.58. The van der Waals surface area contributed by atoms with Crippen LogP contribution in [0.4, 0.5) is 0 Å². The molecule has 0 spiro atoms. The van der Waals surface area contributed by atoms with E-state index in [4.69, 9.17) is 9.15 Å². The smallest absolute Gasteiger partial charge is 0.290 e. The minimum absolute atomic E-state index is 0.00894. The maximum Gasteiger partial charge on any atom is 0.290 e. The average molecular weight is 328 g/mol. The highest BCUT2D eigenvalue weighted by atomic mass is 16.5. The highest BCUT2D eigenvalue weighted by molar-refractivity contribution is 5.95. The molecule has 1 aliphatic rings. The Kier molecular flexibility index (Phi) is 4.84. The number of ether oxygens (including phenoxy) is 1. The Morgan fingerprint density at radius 2 is 2.00 bits per heavy atom. The van der Waals surface area contributed by atoms with E-state index in [0.29, 0.717) is 11.3 Å². The van der Waals surface area contributed by atoms with E-state index in [0.717, 1.165) is 12.8 Å². The van der Waals surface area contributed by atoms with Crippen LogP contribution in [0.3, 0.4) is 0 Å². The predicted octanol–water partition coefficient (Wildman–Crippen LogP) is 2.21. The number of carbonyl (C=O) groups is 2. The molecule has 0 saturated heterocycles. The second kappa shape index (κ2) is 7.21. The molecule has 1 saturated carbocycles. The van der Waals surface area contributed by atoms with Gasteiger partial charge >= 0.3 is 0 Å². The molecule has 126 valence electrons. The quantitative estimate of drug-likeness (QED) is 0.846. The first-order chi connectivity index (χ1) is 11.6. The summed E-state index contributed by atoms with van der Waals surface area (Å²) >= 11 is 0. The Morgan fingerprint density at radius 1 is 1.25 bits per heavy atom. The van der Waals surface area contributed by atoms with Gasteiger partial charge in [0.15, 0.2) is 5.76 Å². The van der Waals surface area contributed by atoms with Crippen LogP contribution in [-0.2, 0) is 11.4 Å². The number of para-hydroxylation sites is 1. The second-order valence-corrected chi connectivity index (χ2v) is 5.88. The van der Waals surface area contributed by atoms with Crippen LogP contribution in [0, 0.1) is 0 Å². The summed E-state index contributed by atoms with van der Waals surface area (Å²) in [7, 11) is 1.58. The van der Waals surface area contributed by atoms with Crippen LogP contribution in [0.5, 0.6) is 5.75 Å². The maximum absolute atomic E-state index is 12.5. The van der Waals surface area contributed by atoms with Crippen LogP contribution in [0.2, 0.25) is 0 Å². The third-order valence-electron chi connectivity index (χ3n) is 3.75. The van der Waals surface area contributed by atoms with Gasteiger partial charge in [0.25, 0.3) is 5.91 Å². The van der Waals surface area contributed by atoms with Gasteiger partial charge in [0.2, 0.25) is 5.91 Å². The molecule has 1 fully saturated rings. The molecule has 1 heterocycles. The molecule has 1 aliphatic carbocycles. The maximum atomic E-state index is 12.5. The molecule has 6 nitrogen and oxygen atoms in total. The molecule has 0 radical (unpaired) electrons. The van der Waals surface area contributed by atoms with E-state index in [1.807, 2.05) is 30.3 Å². The minimum atomic E-state index is -0.336. The lowest BCUT2D eigenvalue weighted by Gasteiger charge is -2.16. The van der Waals surface area contributed by atoms with Crippen LogP contribution >= 0.6 is 0 Å². The van der Waals surface area contributed by atoms with Gasteiger partial charge in [-0.05, 0) is 31.0 Å². The lowest BCUT2D eigenvalue weighted by atomic mass is 10.2. The van der Waals surface area contributed by atoms with Crippen molar-refractivity contribution in [2.24, 2.45) is 0 Å². The predicted molar refractivity (Wildman–Crippen MR) is 87.6 cm³/mol. The first kappa shape index (κ1) is 16.1. The first-order valence-electron chi connectivity index (χ1n) is 7.92. The number of rotatable bonds is 7. The van der Waals surface area contributed by atoms with Crippen molar-refractivity contribution in [2.45, 2.75) is 25.5 Å². The Bertz CT molecular complexity index is 707. The number of benzene rings is 1. The molecule has 0 aliphatic heterocycles. The standard InChI is InChI=1S/C18H20N2O4/c1-20(11-16(21)19-14-7-8-14)18(22)17-13(9-10-23-17)12-24-15-5-3-2-4-6-15/h2-6,9-10,14H,7-8,11-12H2,1H3,(H,19,21). The van der Waals surface area contributed by atoms with Gasteiger partial charge in [-0.25, -0.2) is 0 Å². The Morgan fingerprint density at radius 3 is 2.71 bits per heavy atom. The molecule has 2 aromatic rings. The molecule has 6 heteroatoms. The summed E-state index contributed by atoms with van der Waals surface area (Å²) in [4.78, 5) is 25.6. The number of nitrogens with one attached hydrogen (secondary N) is 1. The Labute approximate surface area is 140 Å². The molecule has 2 amide bonds. The summed E-state index contributed by atoms with van der Waals surface area (Å²) in [5.74, 6) is 0.432. The van der Waals surface area contributed by atoms with Crippen molar-refractivity contribution in [3.05, 3.63) is 54.0 Å². The molecule has 1 aromatic carbocycles. The number of nitrogens with zero attached hydrogens (tertiary/aromatic N) is 1. The topological polar surface area (TPSA) is 71.8 Å². The third-order valence-corrected chi connectivity index (χ3v) is 3.75. The summed E-state index contributed by atoms with van der Waals surface area (Å²) in [5.41, 5.74) is 0.651. The number of amides is 2. The normalized spacial score (nSPS) is 13.4. The number of furan rings is 1. The Hall–Kier alpha value is -2.76. The number of carbonyl (C=O) groups excluding carboxylic acids is 2. The van der Waals surface area contributed by atoms with Gasteiger partial charge in [-0.1, -0.05) is 18.2 Å². The fourth-order valence-electron chi connectivity index (χ4n) is 2.28. The average Bonchev–Trinajstić information content (AvgIpc) is 3.26. The summed E-state index contributed by atoms with van der Waals surface area (Å²) in [6.07, 6.45) is 3.49. The SMILES string of the molecule is CN(CC(=O)NC1CC1)C(=O)c1occc1COc1ccccc1. The molecular weight excluding hydrogens is 308 g/mol. The highest BCUT2D eigenvalue weighted by Gasteiger charge is 2.26. The van der Waals surface area contributed by atoms with Crippen molar-refractivity contribution in [3.8, 4) is 5.75 Å². The van der Waals surface area contributed by atoms with Crippen LogP contribution in [0.25, 0.3) is 0 Å². The van der Waals surface area contributed by atoms with E-state index in [-0.39, 0.29) is 36.8 Å². The molecule has 3 rings (SSSR count). The number of hydrogen-bond acceptors (Lipinski definition) is 4. The van der Waals surface area contributed by atoms with Crippen LogP contribution in [0.1, 0.15) is 29.0 Å². The van der Waals surface area contributed by atoms with Crippen molar-refractivity contribution in [1.82, 2.24) is 10.2 Å². The van der Waals surface area contributed by atoms with Gasteiger partial charge in [0.1, 0.15) is 12.4 Å². The molecular formula is C18H20N2O4. The lowest BCUT2D eigenvalue weighted by Crippen LogP contribution is -2.39. The molecule has 0 unspecified atom stereocenters. The minimum Gasteiger partial charge on any atom is -0.489 e. The molecule has 24 heavy (non-hydrogen) atoms. The summed E-state index contributed by atoms with van der Waals surface area (Å²) in [6, 6.07) is 11.3. The van der Waals surface area contributed by atoms with Crippen LogP contribution < -0.4 is 10.1 Å². The largest absolute Gasteiger partial charge is 0.489 e. The van der Waals surface area contributed by atoms with Crippen molar-refractivity contribution < 1.29 is 18.7 Å². The summed E-state index contributed by atoms with van der Waals surface area (Å²) in [6.45, 7) is 0.235. The van der Waals surface area contributed by atoms with Crippen LogP contribution in [0.15, 0.2) is 47.1 Å². The van der Waals surface area contributed by atoms with E-state index in [9.17, 15) is 9.59 Å². The van der Waals surface area contributed by atoms with Gasteiger partial charge in [0, 0.05) is 18.7 Å². The van der Waals surface area contributed by atoms with Crippen molar-refractivity contribution in [2.75, 3.05) is 13.6 Å². The fourth-order valence-corrected chi connectivity index (χ4v) is 2.28. The molecule has 0 bridgehead atoms. The zero-order chi connectivity index (χ0) is 16.9. The second-order valence-electron chi connectivity index (χ2n) is 5.88. The number of hydrogen-bond donors (Lipinski definition) is 1. The first-order valence-corrected chi connectivity index (χ1v) is 7.92. The lowest BCUT2D eigenvalue weighted by molar-refractivity contribution is -0.121. The highest BCUT2D eigenvalue weighted by Crippen LogP contribution is 2.19. The zero-order valence-electron chi connectivity index (χ0n) is 13.5. The summed E-state index contributed by atoms with van der Waals surface area (Å²) < 4.78 is 11.0. The van der Waals surface area contributed by atoms with Gasteiger partial charge in [-0.3, -0.25) is 9.59 Å². The fraction of sp³-hybridized carbons (Fsp3) is 0.333. The van der Waals surface area contributed by atoms with Gasteiger partial charge in [-0.2, -0.15) is 0 Å². The van der Waals surface area contributed by atoms with E-state index in [1.165, 1.54) is 11.2 Å². The van der Waals surface area contributed by atoms with Gasteiger partial charge in [-0.15, -0.1) is 0 Å². The summed E-state index contributed by atoms with van der Waals surface area (Å²) in [5, 5.41) is 2.86. The monoisotopic (exact) mass is 328 g/mol. The van der Waals surface area contributed by atoms with E-state index in [2.05, 4.69) is 5.32 Å². The molecule has 1 N–H and O–H groups in total. The van der Waals surface area contributed by atoms with Crippen molar-refractivity contribution >= 4 is 11.8 Å². The number of likely N-dealkylation sites (N-methyl/N-ethyl adjacent to an activating group) is 1.